The van der Waals surface area contributed by atoms with Gasteiger partial charge in [-0.3, -0.25) is 4.79 Å². The van der Waals surface area contributed by atoms with E-state index in [1.54, 1.807) is 11.0 Å². The first kappa shape index (κ1) is 15.2. The lowest BCUT2D eigenvalue weighted by Crippen LogP contribution is -2.38. The first-order valence-electron chi connectivity index (χ1n) is 6.94. The zero-order valence-corrected chi connectivity index (χ0v) is 12.0. The predicted octanol–water partition coefficient (Wildman–Crippen LogP) is 1.57. The Morgan fingerprint density at radius 3 is 2.62 bits per heavy atom. The van der Waals surface area contributed by atoms with E-state index in [9.17, 15) is 14.7 Å². The Bertz CT molecular complexity index is 523. The maximum Gasteiger partial charge on any atom is 0.342 e. The molecule has 0 aliphatic carbocycles. The molecule has 0 aromatic heterocycles. The second-order valence-corrected chi connectivity index (χ2v) is 4.87. The topological polar surface area (TPSA) is 76.1 Å². The first-order chi connectivity index (χ1) is 10.1. The predicted molar refractivity (Wildman–Crippen MR) is 75.4 cm³/mol. The van der Waals surface area contributed by atoms with Gasteiger partial charge in [-0.2, -0.15) is 0 Å². The third-order valence-electron chi connectivity index (χ3n) is 3.47. The van der Waals surface area contributed by atoms with Crippen LogP contribution in [0.5, 0.6) is 11.5 Å². The molecule has 1 heterocycles. The summed E-state index contributed by atoms with van der Waals surface area (Å²) in [6, 6.07) is 4.53. The number of carbonyl (C=O) groups is 2. The van der Waals surface area contributed by atoms with E-state index in [2.05, 4.69) is 0 Å². The van der Waals surface area contributed by atoms with Crippen molar-refractivity contribution in [1.29, 1.82) is 0 Å². The van der Waals surface area contributed by atoms with Gasteiger partial charge in [0.1, 0.15) is 5.56 Å². The molecule has 2 rings (SSSR count). The molecule has 6 nitrogen and oxygen atoms in total. The number of piperidine rings is 1. The summed E-state index contributed by atoms with van der Waals surface area (Å²) in [7, 11) is 1.39. The maximum atomic E-state index is 11.9. The molecule has 0 saturated carbocycles. The number of phenols is 1. The van der Waals surface area contributed by atoms with Crippen LogP contribution in [-0.4, -0.2) is 48.7 Å². The van der Waals surface area contributed by atoms with Crippen molar-refractivity contribution >= 4 is 11.9 Å². The van der Waals surface area contributed by atoms with Crippen molar-refractivity contribution in [3.63, 3.8) is 0 Å². The number of amides is 1. The van der Waals surface area contributed by atoms with Gasteiger partial charge in [0.15, 0.2) is 18.1 Å². The molecule has 1 aliphatic heterocycles. The molecule has 1 aliphatic rings. The van der Waals surface area contributed by atoms with Gasteiger partial charge in [0, 0.05) is 13.1 Å². The SMILES string of the molecule is COc1cccc(C(=O)OCC(=O)N2CCCCC2)c1O. The standard InChI is InChI=1S/C15H19NO5/c1-20-12-7-5-6-11(14(12)18)15(19)21-10-13(17)16-8-3-2-4-9-16/h5-7,18H,2-4,8-10H2,1H3. The summed E-state index contributed by atoms with van der Waals surface area (Å²) in [5.74, 6) is -1.04. The van der Waals surface area contributed by atoms with Gasteiger partial charge >= 0.3 is 5.97 Å². The lowest BCUT2D eigenvalue weighted by atomic mass is 10.1. The van der Waals surface area contributed by atoms with E-state index in [0.29, 0.717) is 13.1 Å². The van der Waals surface area contributed by atoms with Gasteiger partial charge in [0.05, 0.1) is 7.11 Å². The number of rotatable bonds is 4. The molecular formula is C15H19NO5. The smallest absolute Gasteiger partial charge is 0.342 e. The number of nitrogens with zero attached hydrogens (tertiary/aromatic N) is 1. The molecule has 1 amide bonds. The minimum atomic E-state index is -0.739. The third-order valence-corrected chi connectivity index (χ3v) is 3.47. The number of carbonyl (C=O) groups excluding carboxylic acids is 2. The highest BCUT2D eigenvalue weighted by atomic mass is 16.5. The van der Waals surface area contributed by atoms with Gasteiger partial charge in [0.2, 0.25) is 0 Å². The minimum absolute atomic E-state index is 0.0132. The summed E-state index contributed by atoms with van der Waals surface area (Å²) in [6.07, 6.45) is 3.09. The van der Waals surface area contributed by atoms with Crippen LogP contribution in [0.1, 0.15) is 29.6 Å². The normalized spacial score (nSPS) is 14.6. The second-order valence-electron chi connectivity index (χ2n) is 4.87. The molecule has 1 fully saturated rings. The molecule has 0 radical (unpaired) electrons. The molecule has 6 heteroatoms. The van der Waals surface area contributed by atoms with Crippen LogP contribution in [0.4, 0.5) is 0 Å². The van der Waals surface area contributed by atoms with Gasteiger partial charge in [-0.25, -0.2) is 4.79 Å². The lowest BCUT2D eigenvalue weighted by Gasteiger charge is -2.26. The van der Waals surface area contributed by atoms with Crippen molar-refractivity contribution in [2.24, 2.45) is 0 Å². The molecule has 1 aromatic carbocycles. The van der Waals surface area contributed by atoms with Gasteiger partial charge < -0.3 is 19.5 Å². The highest BCUT2D eigenvalue weighted by molar-refractivity contribution is 5.94. The number of hydrogen-bond acceptors (Lipinski definition) is 5. The monoisotopic (exact) mass is 293 g/mol. The van der Waals surface area contributed by atoms with Crippen LogP contribution in [0, 0.1) is 0 Å². The van der Waals surface area contributed by atoms with E-state index in [1.165, 1.54) is 19.2 Å². The van der Waals surface area contributed by atoms with Gasteiger partial charge in [-0.1, -0.05) is 6.07 Å². The number of likely N-dealkylation sites (tertiary alicyclic amines) is 1. The fraction of sp³-hybridized carbons (Fsp3) is 0.467. The van der Waals surface area contributed by atoms with Gasteiger partial charge in [0.25, 0.3) is 5.91 Å². The fourth-order valence-electron chi connectivity index (χ4n) is 2.29. The summed E-state index contributed by atoms with van der Waals surface area (Å²) in [5.41, 5.74) is -0.0132. The van der Waals surface area contributed by atoms with E-state index in [-0.39, 0.29) is 29.6 Å². The first-order valence-corrected chi connectivity index (χ1v) is 6.94. The van der Waals surface area contributed by atoms with Crippen LogP contribution in [0.25, 0.3) is 0 Å². The molecule has 0 bridgehead atoms. The highest BCUT2D eigenvalue weighted by Gasteiger charge is 2.20. The van der Waals surface area contributed by atoms with E-state index in [1.807, 2.05) is 0 Å². The number of phenolic OH excluding ortho intramolecular Hbond substituents is 1. The summed E-state index contributed by atoms with van der Waals surface area (Å²) >= 11 is 0. The lowest BCUT2D eigenvalue weighted by molar-refractivity contribution is -0.135. The number of esters is 1. The molecule has 1 saturated heterocycles. The van der Waals surface area contributed by atoms with Crippen molar-refractivity contribution < 1.29 is 24.2 Å². The molecular weight excluding hydrogens is 274 g/mol. The van der Waals surface area contributed by atoms with Crippen molar-refractivity contribution in [2.75, 3.05) is 26.8 Å². The number of aromatic hydroxyl groups is 1. The zero-order chi connectivity index (χ0) is 15.2. The molecule has 114 valence electrons. The number of methoxy groups -OCH3 is 1. The highest BCUT2D eigenvalue weighted by Crippen LogP contribution is 2.29. The Balaban J connectivity index is 1.94. The number of ether oxygens (including phenoxy) is 2. The molecule has 0 unspecified atom stereocenters. The van der Waals surface area contributed by atoms with E-state index in [0.717, 1.165) is 19.3 Å². The number of benzene rings is 1. The van der Waals surface area contributed by atoms with E-state index < -0.39 is 5.97 Å². The molecule has 21 heavy (non-hydrogen) atoms. The quantitative estimate of drug-likeness (QED) is 0.853. The van der Waals surface area contributed by atoms with Crippen molar-refractivity contribution in [3.8, 4) is 11.5 Å². The molecule has 0 atom stereocenters. The Hall–Kier alpha value is -2.24. The van der Waals surface area contributed by atoms with Crippen molar-refractivity contribution in [1.82, 2.24) is 4.90 Å². The molecule has 1 N–H and O–H groups in total. The summed E-state index contributed by atoms with van der Waals surface area (Å²) in [4.78, 5) is 25.5. The summed E-state index contributed by atoms with van der Waals surface area (Å²) in [5, 5.41) is 9.85. The van der Waals surface area contributed by atoms with Crippen LogP contribution >= 0.6 is 0 Å². The summed E-state index contributed by atoms with van der Waals surface area (Å²) in [6.45, 7) is 1.11. The van der Waals surface area contributed by atoms with Crippen LogP contribution in [-0.2, 0) is 9.53 Å². The molecule has 0 spiro atoms. The Morgan fingerprint density at radius 1 is 1.24 bits per heavy atom. The van der Waals surface area contributed by atoms with E-state index >= 15 is 0 Å². The Morgan fingerprint density at radius 2 is 1.95 bits per heavy atom. The van der Waals surface area contributed by atoms with Crippen LogP contribution in [0.15, 0.2) is 18.2 Å². The second kappa shape index (κ2) is 6.97. The number of hydrogen-bond donors (Lipinski definition) is 1. The molecule has 1 aromatic rings. The van der Waals surface area contributed by atoms with Crippen LogP contribution < -0.4 is 4.74 Å². The Labute approximate surface area is 123 Å². The number of para-hydroxylation sites is 1. The van der Waals surface area contributed by atoms with Crippen molar-refractivity contribution in [2.45, 2.75) is 19.3 Å². The average molecular weight is 293 g/mol. The third kappa shape index (κ3) is 3.65. The minimum Gasteiger partial charge on any atom is -0.504 e. The maximum absolute atomic E-state index is 11.9. The van der Waals surface area contributed by atoms with E-state index in [4.69, 9.17) is 9.47 Å². The van der Waals surface area contributed by atoms with Gasteiger partial charge in [-0.15, -0.1) is 0 Å². The average Bonchev–Trinajstić information content (AvgIpc) is 2.53. The zero-order valence-electron chi connectivity index (χ0n) is 12.0. The van der Waals surface area contributed by atoms with Crippen LogP contribution in [0.3, 0.4) is 0 Å². The van der Waals surface area contributed by atoms with Crippen LogP contribution in [0.2, 0.25) is 0 Å². The largest absolute Gasteiger partial charge is 0.504 e. The van der Waals surface area contributed by atoms with Crippen molar-refractivity contribution in [3.05, 3.63) is 23.8 Å². The summed E-state index contributed by atoms with van der Waals surface area (Å²) < 4.78 is 9.90. The van der Waals surface area contributed by atoms with Gasteiger partial charge in [-0.05, 0) is 31.4 Å². The fourth-order valence-corrected chi connectivity index (χ4v) is 2.29. The Kier molecular flexibility index (Phi) is 5.03.